The van der Waals surface area contributed by atoms with Gasteiger partial charge in [-0.05, 0) is 55.2 Å². The Kier molecular flexibility index (Phi) is 5.90. The predicted molar refractivity (Wildman–Crippen MR) is 140 cm³/mol. The Bertz CT molecular complexity index is 1470. The van der Waals surface area contributed by atoms with Crippen LogP contribution in [-0.2, 0) is 0 Å². The van der Waals surface area contributed by atoms with Crippen LogP contribution in [0.3, 0.4) is 0 Å². The Hall–Kier alpha value is -4.11. The molecule has 36 heavy (non-hydrogen) atoms. The lowest BCUT2D eigenvalue weighted by atomic mass is 10.0. The Labute approximate surface area is 212 Å². The zero-order valence-electron chi connectivity index (χ0n) is 19.6. The van der Waals surface area contributed by atoms with E-state index in [1.807, 2.05) is 42.5 Å². The highest BCUT2D eigenvalue weighted by molar-refractivity contribution is 6.30. The largest absolute Gasteiger partial charge is 0.424 e. The summed E-state index contributed by atoms with van der Waals surface area (Å²) in [5.74, 6) is 2.85. The van der Waals surface area contributed by atoms with Gasteiger partial charge in [0.25, 0.3) is 0 Å². The van der Waals surface area contributed by atoms with E-state index >= 15 is 0 Å². The normalized spacial score (nSPS) is 14.1. The fraction of sp³-hybridized carbons (Fsp3) is 0.231. The molecule has 5 aromatic rings. The van der Waals surface area contributed by atoms with E-state index < -0.39 is 0 Å². The van der Waals surface area contributed by atoms with Gasteiger partial charge in [-0.2, -0.15) is 5.10 Å². The number of fused-ring (bicyclic) bond motifs is 1. The van der Waals surface area contributed by atoms with Gasteiger partial charge >= 0.3 is 6.01 Å². The van der Waals surface area contributed by atoms with Crippen molar-refractivity contribution in [2.24, 2.45) is 0 Å². The molecular formula is C26H25ClN8O. The summed E-state index contributed by atoms with van der Waals surface area (Å²) >= 11 is 5.83. The van der Waals surface area contributed by atoms with E-state index in [4.69, 9.17) is 21.3 Å². The molecule has 0 amide bonds. The summed E-state index contributed by atoms with van der Waals surface area (Å²) in [5, 5.41) is 14.9. The first-order valence-electron chi connectivity index (χ1n) is 12.0. The fourth-order valence-electron chi connectivity index (χ4n) is 4.12. The molecule has 0 saturated heterocycles. The molecule has 10 heteroatoms. The fourth-order valence-corrected chi connectivity index (χ4v) is 4.22. The molecule has 0 radical (unpaired) electrons. The van der Waals surface area contributed by atoms with Gasteiger partial charge in [-0.1, -0.05) is 30.7 Å². The zero-order chi connectivity index (χ0) is 24.5. The van der Waals surface area contributed by atoms with Crippen molar-refractivity contribution in [1.29, 1.82) is 0 Å². The maximum Gasteiger partial charge on any atom is 0.321 e. The van der Waals surface area contributed by atoms with Gasteiger partial charge in [0.2, 0.25) is 5.95 Å². The van der Waals surface area contributed by atoms with Gasteiger partial charge in [-0.15, -0.1) is 0 Å². The standard InChI is InChI=1S/C26H25ClN8O/c1-2-20(15-5-8-19(9-6-15)36-26-28-13-17(27)14-29-26)31-25-32-21-10-7-18(11-23(21)33-25)30-24-12-22(34-35-24)16-3-4-16/h5-14,16,20H,2-4H2,1H3,(H2,30,34,35)(H2,31,32,33). The third-order valence-corrected chi connectivity index (χ3v) is 6.37. The molecule has 9 nitrogen and oxygen atoms in total. The summed E-state index contributed by atoms with van der Waals surface area (Å²) in [6, 6.07) is 16.3. The Morgan fingerprint density at radius 2 is 1.89 bits per heavy atom. The molecule has 1 unspecified atom stereocenters. The van der Waals surface area contributed by atoms with E-state index in [0.717, 1.165) is 40.5 Å². The van der Waals surface area contributed by atoms with E-state index in [1.165, 1.54) is 30.9 Å². The van der Waals surface area contributed by atoms with E-state index in [-0.39, 0.29) is 12.1 Å². The van der Waals surface area contributed by atoms with Crippen LogP contribution in [0.4, 0.5) is 17.5 Å². The summed E-state index contributed by atoms with van der Waals surface area (Å²) in [6.45, 7) is 2.13. The molecule has 1 aliphatic rings. The Balaban J connectivity index is 1.13. The number of anilines is 3. The van der Waals surface area contributed by atoms with Gasteiger partial charge in [-0.3, -0.25) is 5.10 Å². The van der Waals surface area contributed by atoms with Crippen LogP contribution >= 0.6 is 11.6 Å². The summed E-state index contributed by atoms with van der Waals surface area (Å²) in [7, 11) is 0. The zero-order valence-corrected chi connectivity index (χ0v) is 20.4. The minimum absolute atomic E-state index is 0.0777. The number of hydrogen-bond donors (Lipinski definition) is 4. The monoisotopic (exact) mass is 500 g/mol. The highest BCUT2D eigenvalue weighted by Crippen LogP contribution is 2.39. The highest BCUT2D eigenvalue weighted by atomic mass is 35.5. The van der Waals surface area contributed by atoms with Crippen molar-refractivity contribution in [2.75, 3.05) is 10.6 Å². The van der Waals surface area contributed by atoms with Gasteiger partial charge in [0, 0.05) is 23.4 Å². The molecule has 3 aromatic heterocycles. The third kappa shape index (κ3) is 4.96. The van der Waals surface area contributed by atoms with Gasteiger partial charge in [-0.25, -0.2) is 15.0 Å². The molecular weight excluding hydrogens is 476 g/mol. The second kappa shape index (κ2) is 9.50. The van der Waals surface area contributed by atoms with Gasteiger partial charge < -0.3 is 20.4 Å². The van der Waals surface area contributed by atoms with Crippen molar-refractivity contribution in [3.05, 3.63) is 77.2 Å². The van der Waals surface area contributed by atoms with E-state index in [1.54, 1.807) is 0 Å². The smallest absolute Gasteiger partial charge is 0.321 e. The lowest BCUT2D eigenvalue weighted by Crippen LogP contribution is -2.10. The minimum Gasteiger partial charge on any atom is -0.424 e. The van der Waals surface area contributed by atoms with Crippen molar-refractivity contribution in [1.82, 2.24) is 30.1 Å². The molecule has 1 fully saturated rings. The summed E-state index contributed by atoms with van der Waals surface area (Å²) < 4.78 is 5.70. The molecule has 1 aliphatic carbocycles. The molecule has 1 atom stereocenters. The topological polar surface area (TPSA) is 116 Å². The molecule has 4 N–H and O–H groups in total. The number of rotatable bonds is 9. The second-order valence-corrected chi connectivity index (χ2v) is 9.32. The average Bonchev–Trinajstić information content (AvgIpc) is 3.51. The van der Waals surface area contributed by atoms with Crippen LogP contribution in [0.15, 0.2) is 60.9 Å². The molecule has 2 aromatic carbocycles. The van der Waals surface area contributed by atoms with Crippen molar-refractivity contribution >= 4 is 40.1 Å². The van der Waals surface area contributed by atoms with Crippen LogP contribution in [0, 0.1) is 0 Å². The molecule has 1 saturated carbocycles. The first kappa shape index (κ1) is 22.4. The molecule has 6 rings (SSSR count). The number of hydrogen-bond acceptors (Lipinski definition) is 7. The first-order valence-corrected chi connectivity index (χ1v) is 12.3. The summed E-state index contributed by atoms with van der Waals surface area (Å²) in [6.07, 6.45) is 6.37. The lowest BCUT2D eigenvalue weighted by molar-refractivity contribution is 0.441. The van der Waals surface area contributed by atoms with Gasteiger partial charge in [0.1, 0.15) is 5.75 Å². The molecule has 3 heterocycles. The van der Waals surface area contributed by atoms with Crippen molar-refractivity contribution in [3.8, 4) is 11.8 Å². The molecule has 182 valence electrons. The van der Waals surface area contributed by atoms with Gasteiger partial charge in [0.15, 0.2) is 5.82 Å². The number of nitrogens with one attached hydrogen (secondary N) is 4. The molecule has 0 bridgehead atoms. The minimum atomic E-state index is 0.0777. The van der Waals surface area contributed by atoms with E-state index in [9.17, 15) is 0 Å². The van der Waals surface area contributed by atoms with E-state index in [0.29, 0.717) is 16.7 Å². The van der Waals surface area contributed by atoms with Crippen LogP contribution in [0.5, 0.6) is 11.8 Å². The number of aromatic amines is 2. The SMILES string of the molecule is CCC(Nc1nc2ccc(Nc3cc(C4CC4)[nH]n3)cc2[nH]1)c1ccc(Oc2ncc(Cl)cn2)cc1. The maximum atomic E-state index is 5.83. The number of aromatic nitrogens is 6. The Morgan fingerprint density at radius 3 is 2.64 bits per heavy atom. The number of ether oxygens (including phenoxy) is 1. The number of halogens is 1. The van der Waals surface area contributed by atoms with Crippen LogP contribution in [0.25, 0.3) is 11.0 Å². The quantitative estimate of drug-likeness (QED) is 0.178. The van der Waals surface area contributed by atoms with E-state index in [2.05, 4.69) is 48.8 Å². The number of nitrogens with zero attached hydrogens (tertiary/aromatic N) is 4. The summed E-state index contributed by atoms with van der Waals surface area (Å²) in [5.41, 5.74) is 5.12. The van der Waals surface area contributed by atoms with Crippen molar-refractivity contribution in [2.45, 2.75) is 38.1 Å². The summed E-state index contributed by atoms with van der Waals surface area (Å²) in [4.78, 5) is 16.2. The third-order valence-electron chi connectivity index (χ3n) is 6.18. The number of H-pyrrole nitrogens is 2. The predicted octanol–water partition coefficient (Wildman–Crippen LogP) is 6.71. The highest BCUT2D eigenvalue weighted by Gasteiger charge is 2.25. The van der Waals surface area contributed by atoms with Crippen LogP contribution < -0.4 is 15.4 Å². The average molecular weight is 501 g/mol. The van der Waals surface area contributed by atoms with Crippen LogP contribution in [-0.4, -0.2) is 30.1 Å². The maximum absolute atomic E-state index is 5.83. The Morgan fingerprint density at radius 1 is 1.08 bits per heavy atom. The van der Waals surface area contributed by atoms with Gasteiger partial charge in [0.05, 0.1) is 34.5 Å². The molecule has 0 aliphatic heterocycles. The van der Waals surface area contributed by atoms with Crippen molar-refractivity contribution < 1.29 is 4.74 Å². The number of imidazole rings is 1. The van der Waals surface area contributed by atoms with Crippen molar-refractivity contribution in [3.63, 3.8) is 0 Å². The first-order chi connectivity index (χ1) is 17.6. The van der Waals surface area contributed by atoms with Crippen LogP contribution in [0.1, 0.15) is 49.4 Å². The lowest BCUT2D eigenvalue weighted by Gasteiger charge is -2.17. The number of benzene rings is 2. The van der Waals surface area contributed by atoms with Crippen LogP contribution in [0.2, 0.25) is 5.02 Å². The molecule has 0 spiro atoms. The second-order valence-electron chi connectivity index (χ2n) is 8.89.